The van der Waals surface area contributed by atoms with Gasteiger partial charge in [0.15, 0.2) is 0 Å². The average Bonchev–Trinajstić information content (AvgIpc) is 2.33. The minimum atomic E-state index is -0.560. The molecule has 0 heterocycles. The third-order valence-electron chi connectivity index (χ3n) is 3.68. The van der Waals surface area contributed by atoms with Gasteiger partial charge in [0.1, 0.15) is 0 Å². The predicted octanol–water partition coefficient (Wildman–Crippen LogP) is 0.947. The second-order valence-electron chi connectivity index (χ2n) is 5.24. The highest BCUT2D eigenvalue weighted by molar-refractivity contribution is 5.82. The Morgan fingerprint density at radius 1 is 1.65 bits per heavy atom. The van der Waals surface area contributed by atoms with Gasteiger partial charge >= 0.3 is 0 Å². The van der Waals surface area contributed by atoms with Crippen LogP contribution in [0, 0.1) is 5.92 Å². The number of nitrogens with one attached hydrogen (secondary N) is 1. The molecule has 0 bridgehead atoms. The molecule has 1 atom stereocenters. The minimum absolute atomic E-state index is 0.00767. The monoisotopic (exact) mass is 240 g/mol. The van der Waals surface area contributed by atoms with E-state index in [9.17, 15) is 9.90 Å². The summed E-state index contributed by atoms with van der Waals surface area (Å²) in [5.74, 6) is 0.488. The molecule has 0 aromatic heterocycles. The van der Waals surface area contributed by atoms with E-state index in [1.54, 1.807) is 6.08 Å². The van der Waals surface area contributed by atoms with E-state index in [-0.39, 0.29) is 12.5 Å². The molecule has 0 saturated heterocycles. The van der Waals surface area contributed by atoms with Gasteiger partial charge in [-0.25, -0.2) is 0 Å². The summed E-state index contributed by atoms with van der Waals surface area (Å²) >= 11 is 0. The lowest BCUT2D eigenvalue weighted by atomic mass is 9.77. The highest BCUT2D eigenvalue weighted by atomic mass is 16.3. The van der Waals surface area contributed by atoms with Crippen molar-refractivity contribution < 1.29 is 9.90 Å². The van der Waals surface area contributed by atoms with Gasteiger partial charge in [0.2, 0.25) is 5.91 Å². The Morgan fingerprint density at radius 2 is 2.24 bits per heavy atom. The van der Waals surface area contributed by atoms with Crippen LogP contribution in [0.1, 0.15) is 39.0 Å². The van der Waals surface area contributed by atoms with Crippen LogP contribution in [0.15, 0.2) is 12.7 Å². The van der Waals surface area contributed by atoms with Gasteiger partial charge in [-0.15, -0.1) is 6.58 Å². The van der Waals surface area contributed by atoms with Crippen molar-refractivity contribution in [1.82, 2.24) is 5.32 Å². The Hall–Kier alpha value is -0.870. The summed E-state index contributed by atoms with van der Waals surface area (Å²) in [5, 5.41) is 12.4. The molecule has 0 aliphatic heterocycles. The second-order valence-corrected chi connectivity index (χ2v) is 5.24. The normalized spacial score (nSPS) is 30.6. The zero-order valence-corrected chi connectivity index (χ0v) is 10.6. The summed E-state index contributed by atoms with van der Waals surface area (Å²) in [6.07, 6.45) is 5.84. The molecule has 4 heteroatoms. The second kappa shape index (κ2) is 6.17. The van der Waals surface area contributed by atoms with E-state index >= 15 is 0 Å². The van der Waals surface area contributed by atoms with Crippen molar-refractivity contribution in [3.05, 3.63) is 12.7 Å². The molecule has 0 aromatic rings. The van der Waals surface area contributed by atoms with Crippen molar-refractivity contribution in [2.24, 2.45) is 11.7 Å². The number of hydrogen-bond acceptors (Lipinski definition) is 3. The van der Waals surface area contributed by atoms with Gasteiger partial charge in [0.25, 0.3) is 0 Å². The maximum Gasteiger partial charge on any atom is 0.237 e. The van der Waals surface area contributed by atoms with Gasteiger partial charge in [-0.05, 0) is 38.0 Å². The highest BCUT2D eigenvalue weighted by Crippen LogP contribution is 2.31. The molecule has 98 valence electrons. The van der Waals surface area contributed by atoms with E-state index in [0.29, 0.717) is 12.3 Å². The average molecular weight is 240 g/mol. The van der Waals surface area contributed by atoms with Crippen molar-refractivity contribution >= 4 is 5.91 Å². The van der Waals surface area contributed by atoms with Crippen LogP contribution in [0.3, 0.4) is 0 Å². The first kappa shape index (κ1) is 14.2. The summed E-state index contributed by atoms with van der Waals surface area (Å²) < 4.78 is 0. The van der Waals surface area contributed by atoms with Gasteiger partial charge in [-0.3, -0.25) is 4.79 Å². The van der Waals surface area contributed by atoms with Gasteiger partial charge in [-0.2, -0.15) is 0 Å². The van der Waals surface area contributed by atoms with Crippen molar-refractivity contribution in [2.75, 3.05) is 6.61 Å². The third kappa shape index (κ3) is 3.82. The molecular weight excluding hydrogens is 216 g/mol. The maximum absolute atomic E-state index is 11.9. The summed E-state index contributed by atoms with van der Waals surface area (Å²) in [4.78, 5) is 11.9. The molecule has 0 radical (unpaired) electrons. The molecule has 4 N–H and O–H groups in total. The van der Waals surface area contributed by atoms with E-state index in [4.69, 9.17) is 5.73 Å². The maximum atomic E-state index is 11.9. The van der Waals surface area contributed by atoms with Crippen LogP contribution >= 0.6 is 0 Å². The molecule has 1 unspecified atom stereocenters. The standard InChI is InChI=1S/C13H24N2O2/c1-3-4-11(14)12(17)15-13(9-16)7-5-10(2)6-8-13/h3,10-11,16H,1,4-9,14H2,2H3,(H,15,17). The smallest absolute Gasteiger partial charge is 0.237 e. The molecule has 4 nitrogen and oxygen atoms in total. The number of aliphatic hydroxyl groups excluding tert-OH is 1. The first-order valence-electron chi connectivity index (χ1n) is 6.32. The van der Waals surface area contributed by atoms with Crippen LogP contribution in [-0.2, 0) is 4.79 Å². The van der Waals surface area contributed by atoms with Crippen LogP contribution < -0.4 is 11.1 Å². The van der Waals surface area contributed by atoms with E-state index in [0.717, 1.165) is 25.7 Å². The fourth-order valence-electron chi connectivity index (χ4n) is 2.28. The predicted molar refractivity (Wildman–Crippen MR) is 68.4 cm³/mol. The molecule has 1 aliphatic rings. The molecule has 0 aromatic carbocycles. The lowest BCUT2D eigenvalue weighted by Crippen LogP contribution is -2.57. The summed E-state index contributed by atoms with van der Waals surface area (Å²) in [7, 11) is 0. The van der Waals surface area contributed by atoms with E-state index in [1.807, 2.05) is 0 Å². The highest BCUT2D eigenvalue weighted by Gasteiger charge is 2.35. The molecule has 1 amide bonds. The number of carbonyl (C=O) groups is 1. The lowest BCUT2D eigenvalue weighted by molar-refractivity contribution is -0.125. The zero-order chi connectivity index (χ0) is 12.9. The Kier molecular flexibility index (Phi) is 5.15. The molecule has 1 fully saturated rings. The van der Waals surface area contributed by atoms with Crippen LogP contribution in [-0.4, -0.2) is 29.2 Å². The van der Waals surface area contributed by atoms with Crippen LogP contribution in [0.2, 0.25) is 0 Å². The summed E-state index contributed by atoms with van der Waals surface area (Å²) in [6.45, 7) is 5.76. The van der Waals surface area contributed by atoms with Gasteiger partial charge < -0.3 is 16.2 Å². The van der Waals surface area contributed by atoms with Gasteiger partial charge in [0.05, 0.1) is 18.2 Å². The van der Waals surface area contributed by atoms with Gasteiger partial charge in [-0.1, -0.05) is 13.0 Å². The Balaban J connectivity index is 2.56. The molecule has 1 rings (SSSR count). The molecule has 1 saturated carbocycles. The first-order chi connectivity index (χ1) is 8.03. The summed E-state index contributed by atoms with van der Waals surface area (Å²) in [6, 6.07) is -0.560. The van der Waals surface area contributed by atoms with Crippen LogP contribution in [0.5, 0.6) is 0 Å². The SMILES string of the molecule is C=CCC(N)C(=O)NC1(CO)CCC(C)CC1. The van der Waals surface area contributed by atoms with Crippen molar-refractivity contribution in [3.63, 3.8) is 0 Å². The molecule has 1 aliphatic carbocycles. The zero-order valence-electron chi connectivity index (χ0n) is 10.6. The van der Waals surface area contributed by atoms with Crippen LogP contribution in [0.4, 0.5) is 0 Å². The first-order valence-corrected chi connectivity index (χ1v) is 6.32. The number of nitrogens with two attached hydrogens (primary N) is 1. The van der Waals surface area contributed by atoms with Crippen LogP contribution in [0.25, 0.3) is 0 Å². The number of rotatable bonds is 5. The molecule has 17 heavy (non-hydrogen) atoms. The van der Waals surface area contributed by atoms with Crippen molar-refractivity contribution in [1.29, 1.82) is 0 Å². The van der Waals surface area contributed by atoms with E-state index < -0.39 is 11.6 Å². The summed E-state index contributed by atoms with van der Waals surface area (Å²) in [5.41, 5.74) is 5.26. The number of aliphatic hydroxyl groups is 1. The number of amides is 1. The molecule has 0 spiro atoms. The minimum Gasteiger partial charge on any atom is -0.394 e. The Morgan fingerprint density at radius 3 is 2.71 bits per heavy atom. The van der Waals surface area contributed by atoms with E-state index in [2.05, 4.69) is 18.8 Å². The number of carbonyl (C=O) groups excluding carboxylic acids is 1. The topological polar surface area (TPSA) is 75.4 Å². The van der Waals surface area contributed by atoms with Crippen molar-refractivity contribution in [3.8, 4) is 0 Å². The molecular formula is C13H24N2O2. The van der Waals surface area contributed by atoms with E-state index in [1.165, 1.54) is 0 Å². The fraction of sp³-hybridized carbons (Fsp3) is 0.769. The Labute approximate surface area is 103 Å². The third-order valence-corrected chi connectivity index (χ3v) is 3.68. The number of hydrogen-bond donors (Lipinski definition) is 3. The lowest BCUT2D eigenvalue weighted by Gasteiger charge is -2.39. The van der Waals surface area contributed by atoms with Crippen molar-refractivity contribution in [2.45, 2.75) is 50.6 Å². The van der Waals surface area contributed by atoms with Gasteiger partial charge in [0, 0.05) is 0 Å². The largest absolute Gasteiger partial charge is 0.394 e. The Bertz CT molecular complexity index is 271. The quantitative estimate of drug-likeness (QED) is 0.626. The fourth-order valence-corrected chi connectivity index (χ4v) is 2.28.